The molecule has 3 heterocycles. The predicted molar refractivity (Wildman–Crippen MR) is 134 cm³/mol. The van der Waals surface area contributed by atoms with Gasteiger partial charge in [0.15, 0.2) is 0 Å². The molecule has 1 aromatic rings. The van der Waals surface area contributed by atoms with E-state index in [0.717, 1.165) is 12.1 Å². The molecule has 9 nitrogen and oxygen atoms in total. The van der Waals surface area contributed by atoms with Crippen LogP contribution in [-0.4, -0.2) is 82.0 Å². The fourth-order valence-corrected chi connectivity index (χ4v) is 5.77. The molecule has 1 N–H and O–H groups in total. The van der Waals surface area contributed by atoms with E-state index < -0.39 is 53.5 Å². The third-order valence-electron chi connectivity index (χ3n) is 7.52. The van der Waals surface area contributed by atoms with E-state index in [-0.39, 0.29) is 18.5 Å². The van der Waals surface area contributed by atoms with Gasteiger partial charge in [-0.25, -0.2) is 4.79 Å². The first-order valence-electron chi connectivity index (χ1n) is 13.1. The Balaban J connectivity index is 1.49. The van der Waals surface area contributed by atoms with Crippen LogP contribution in [0.2, 0.25) is 0 Å². The smallest absolute Gasteiger partial charge is 0.416 e. The Morgan fingerprint density at radius 3 is 2.59 bits per heavy atom. The summed E-state index contributed by atoms with van der Waals surface area (Å²) in [5, 5.41) is 12.1. The van der Waals surface area contributed by atoms with Gasteiger partial charge < -0.3 is 19.9 Å². The van der Waals surface area contributed by atoms with Gasteiger partial charge in [0.1, 0.15) is 17.7 Å². The van der Waals surface area contributed by atoms with Crippen LogP contribution in [0.5, 0.6) is 0 Å². The van der Waals surface area contributed by atoms with E-state index in [9.17, 15) is 32.8 Å². The van der Waals surface area contributed by atoms with Crippen molar-refractivity contribution in [2.24, 2.45) is 0 Å². The molecule has 39 heavy (non-hydrogen) atoms. The van der Waals surface area contributed by atoms with E-state index in [4.69, 9.17) is 4.74 Å². The number of carbonyl (C=O) groups excluding carboxylic acids is 3. The Morgan fingerprint density at radius 1 is 1.26 bits per heavy atom. The standard InChI is InChI=1S/C27H34F3N5O4/c1-16(17-7-5-8-18(11-17)27(28,29)30)35-20-12-22(24(35)37)33(14-20)15-21(32-25(38)39-26(2,3)4)23(36)34-10-6-9-19(34)13-31/h5,7-8,11,16,19-22H,6,9-10,12,14-15H2,1-4H3,(H,32,38)/t16-,19-,20?,21-,22-/m0/s1. The van der Waals surface area contributed by atoms with E-state index >= 15 is 0 Å². The molecule has 5 atom stereocenters. The third-order valence-corrected chi connectivity index (χ3v) is 7.52. The molecule has 0 aliphatic carbocycles. The van der Waals surface area contributed by atoms with Crippen LogP contribution in [-0.2, 0) is 20.5 Å². The van der Waals surface area contributed by atoms with E-state index in [0.29, 0.717) is 37.9 Å². The summed E-state index contributed by atoms with van der Waals surface area (Å²) in [5.41, 5.74) is -1.16. The Morgan fingerprint density at radius 2 is 1.97 bits per heavy atom. The Hall–Kier alpha value is -3.33. The summed E-state index contributed by atoms with van der Waals surface area (Å²) in [6.07, 6.45) is -3.55. The third kappa shape index (κ3) is 6.13. The molecule has 4 rings (SSSR count). The van der Waals surface area contributed by atoms with Crippen molar-refractivity contribution in [1.82, 2.24) is 20.0 Å². The summed E-state index contributed by atoms with van der Waals surface area (Å²) < 4.78 is 45.1. The fourth-order valence-electron chi connectivity index (χ4n) is 5.77. The number of carbonyl (C=O) groups is 3. The second-order valence-corrected chi connectivity index (χ2v) is 11.4. The quantitative estimate of drug-likeness (QED) is 0.583. The summed E-state index contributed by atoms with van der Waals surface area (Å²) in [5.74, 6) is -0.634. The molecule has 3 fully saturated rings. The van der Waals surface area contributed by atoms with Crippen LogP contribution in [0, 0.1) is 11.3 Å². The Kier molecular flexibility index (Phi) is 7.85. The number of nitrogens with one attached hydrogen (secondary N) is 1. The predicted octanol–water partition coefficient (Wildman–Crippen LogP) is 3.46. The van der Waals surface area contributed by atoms with Crippen LogP contribution in [0.1, 0.15) is 64.1 Å². The number of fused-ring (bicyclic) bond motifs is 2. The maximum Gasteiger partial charge on any atom is 0.416 e. The topological polar surface area (TPSA) is 106 Å². The van der Waals surface area contributed by atoms with Gasteiger partial charge in [-0.05, 0) is 64.7 Å². The van der Waals surface area contributed by atoms with Crippen LogP contribution in [0.4, 0.5) is 18.0 Å². The van der Waals surface area contributed by atoms with Crippen LogP contribution in [0.3, 0.4) is 0 Å². The fraction of sp³-hybridized carbons (Fsp3) is 0.630. The molecular weight excluding hydrogens is 515 g/mol. The molecule has 12 heteroatoms. The molecule has 0 spiro atoms. The highest BCUT2D eigenvalue weighted by atomic mass is 19.4. The van der Waals surface area contributed by atoms with Gasteiger partial charge in [-0.3, -0.25) is 14.5 Å². The Labute approximate surface area is 225 Å². The number of rotatable bonds is 6. The van der Waals surface area contributed by atoms with E-state index in [1.807, 2.05) is 4.90 Å². The number of nitrogens with zero attached hydrogens (tertiary/aromatic N) is 4. The highest BCUT2D eigenvalue weighted by Crippen LogP contribution is 2.39. The monoisotopic (exact) mass is 549 g/mol. The minimum atomic E-state index is -4.48. The summed E-state index contributed by atoms with van der Waals surface area (Å²) >= 11 is 0. The van der Waals surface area contributed by atoms with E-state index in [1.165, 1.54) is 11.0 Å². The number of halogens is 3. The van der Waals surface area contributed by atoms with Crippen molar-refractivity contribution in [3.05, 3.63) is 35.4 Å². The van der Waals surface area contributed by atoms with Crippen molar-refractivity contribution in [3.63, 3.8) is 0 Å². The zero-order valence-electron chi connectivity index (χ0n) is 22.5. The second-order valence-electron chi connectivity index (χ2n) is 11.4. The van der Waals surface area contributed by atoms with Crippen molar-refractivity contribution < 1.29 is 32.3 Å². The zero-order valence-corrected chi connectivity index (χ0v) is 22.5. The van der Waals surface area contributed by atoms with Gasteiger partial charge in [-0.2, -0.15) is 18.4 Å². The highest BCUT2D eigenvalue weighted by molar-refractivity contribution is 5.88. The minimum absolute atomic E-state index is 0.0470. The number of amides is 3. The average molecular weight is 550 g/mol. The SMILES string of the molecule is C[C@@H](c1cccc(C(F)(F)F)c1)N1C(=O)[C@@H]2CC1CN2C[C@H](NC(=O)OC(C)(C)C)C(=O)N1CCC[C@H]1C#N. The van der Waals surface area contributed by atoms with Gasteiger partial charge in [0, 0.05) is 25.7 Å². The Bertz CT molecular complexity index is 1160. The normalized spacial score (nSPS) is 25.0. The van der Waals surface area contributed by atoms with Crippen molar-refractivity contribution in [2.45, 2.75) is 88.9 Å². The molecule has 212 valence electrons. The number of alkyl halides is 3. The summed E-state index contributed by atoms with van der Waals surface area (Å²) in [6, 6.07) is 4.14. The van der Waals surface area contributed by atoms with Crippen LogP contribution in [0.25, 0.3) is 0 Å². The van der Waals surface area contributed by atoms with Crippen LogP contribution >= 0.6 is 0 Å². The van der Waals surface area contributed by atoms with Gasteiger partial charge >= 0.3 is 12.3 Å². The van der Waals surface area contributed by atoms with Crippen LogP contribution < -0.4 is 5.32 Å². The number of hydrogen-bond acceptors (Lipinski definition) is 6. The lowest BCUT2D eigenvalue weighted by molar-refractivity contribution is -0.141. The molecule has 0 radical (unpaired) electrons. The largest absolute Gasteiger partial charge is 0.444 e. The molecule has 3 amide bonds. The molecule has 1 unspecified atom stereocenters. The van der Waals surface area contributed by atoms with Gasteiger partial charge in [0.05, 0.1) is 23.7 Å². The second kappa shape index (κ2) is 10.7. The lowest BCUT2D eigenvalue weighted by Gasteiger charge is -2.39. The van der Waals surface area contributed by atoms with Crippen molar-refractivity contribution in [2.75, 3.05) is 19.6 Å². The zero-order chi connectivity index (χ0) is 28.7. The van der Waals surface area contributed by atoms with Crippen molar-refractivity contribution in [1.29, 1.82) is 5.26 Å². The van der Waals surface area contributed by atoms with E-state index in [1.54, 1.807) is 38.7 Å². The maximum absolute atomic E-state index is 13.5. The summed E-state index contributed by atoms with van der Waals surface area (Å²) in [7, 11) is 0. The van der Waals surface area contributed by atoms with Crippen molar-refractivity contribution >= 4 is 17.9 Å². The molecule has 3 saturated heterocycles. The number of benzene rings is 1. The van der Waals surface area contributed by atoms with E-state index in [2.05, 4.69) is 11.4 Å². The first-order valence-corrected chi connectivity index (χ1v) is 13.1. The highest BCUT2D eigenvalue weighted by Gasteiger charge is 2.52. The lowest BCUT2D eigenvalue weighted by atomic mass is 10.0. The van der Waals surface area contributed by atoms with Crippen molar-refractivity contribution in [3.8, 4) is 6.07 Å². The number of likely N-dealkylation sites (tertiary alicyclic amines) is 3. The van der Waals surface area contributed by atoms with Gasteiger partial charge in [0.25, 0.3) is 0 Å². The lowest BCUT2D eigenvalue weighted by Crippen LogP contribution is -2.59. The number of hydrogen-bond donors (Lipinski definition) is 1. The first kappa shape index (κ1) is 28.7. The number of alkyl carbamates (subject to hydrolysis) is 1. The molecule has 1 aromatic carbocycles. The number of nitriles is 1. The molecule has 2 bridgehead atoms. The summed E-state index contributed by atoms with van der Waals surface area (Å²) in [6.45, 7) is 7.67. The number of piperazine rings is 1. The molecular formula is C27H34F3N5O4. The van der Waals surface area contributed by atoms with Crippen LogP contribution in [0.15, 0.2) is 24.3 Å². The molecule has 3 aliphatic rings. The molecule has 3 aliphatic heterocycles. The first-order chi connectivity index (χ1) is 18.2. The molecule has 0 saturated carbocycles. The maximum atomic E-state index is 13.5. The average Bonchev–Trinajstić information content (AvgIpc) is 3.55. The van der Waals surface area contributed by atoms with Gasteiger partial charge in [0.2, 0.25) is 11.8 Å². The van der Waals surface area contributed by atoms with Gasteiger partial charge in [-0.15, -0.1) is 0 Å². The minimum Gasteiger partial charge on any atom is -0.444 e. The number of ether oxygens (including phenoxy) is 1. The molecule has 0 aromatic heterocycles. The van der Waals surface area contributed by atoms with Gasteiger partial charge in [-0.1, -0.05) is 12.1 Å². The summed E-state index contributed by atoms with van der Waals surface area (Å²) in [4.78, 5) is 44.4.